The van der Waals surface area contributed by atoms with E-state index in [0.717, 1.165) is 16.7 Å². The van der Waals surface area contributed by atoms with Gasteiger partial charge in [0.1, 0.15) is 11.7 Å². The van der Waals surface area contributed by atoms with E-state index in [-0.39, 0.29) is 19.4 Å². The number of benzene rings is 3. The molecule has 1 unspecified atom stereocenters. The standard InChI is InChI=1S/C31H36N2O6/c1-5-33(26-18-16-25(17-19-26)24-14-10-7-11-15-24)30(36)38-27(21-29(35)39-31(2,3)4)20-28(34)32-37-22-23-12-8-6-9-13-23/h6-19,27H,5,20-22H2,1-4H3,(H,32,34). The van der Waals surface area contributed by atoms with Crippen LogP contribution in [0.5, 0.6) is 0 Å². The third-order valence-electron chi connectivity index (χ3n) is 5.59. The molecule has 0 aliphatic carbocycles. The molecule has 3 aromatic rings. The zero-order chi connectivity index (χ0) is 28.3. The lowest BCUT2D eigenvalue weighted by Crippen LogP contribution is -2.38. The van der Waals surface area contributed by atoms with Gasteiger partial charge in [0.2, 0.25) is 5.91 Å². The number of nitrogens with zero attached hydrogens (tertiary/aromatic N) is 1. The average molecular weight is 533 g/mol. The molecule has 0 aliphatic heterocycles. The van der Waals surface area contributed by atoms with Crippen molar-refractivity contribution in [3.05, 3.63) is 90.5 Å². The summed E-state index contributed by atoms with van der Waals surface area (Å²) >= 11 is 0. The van der Waals surface area contributed by atoms with Gasteiger partial charge in [0, 0.05) is 12.2 Å². The topological polar surface area (TPSA) is 94.2 Å². The first-order valence-electron chi connectivity index (χ1n) is 12.9. The molecule has 2 amide bonds. The molecule has 0 fully saturated rings. The Morgan fingerprint density at radius 1 is 0.821 bits per heavy atom. The van der Waals surface area contributed by atoms with Gasteiger partial charge in [-0.15, -0.1) is 0 Å². The highest BCUT2D eigenvalue weighted by molar-refractivity contribution is 5.88. The number of hydrogen-bond donors (Lipinski definition) is 1. The molecule has 1 N–H and O–H groups in total. The van der Waals surface area contributed by atoms with Crippen LogP contribution in [0, 0.1) is 0 Å². The van der Waals surface area contributed by atoms with E-state index >= 15 is 0 Å². The summed E-state index contributed by atoms with van der Waals surface area (Å²) in [7, 11) is 0. The predicted molar refractivity (Wildman–Crippen MR) is 150 cm³/mol. The maximum atomic E-state index is 13.2. The van der Waals surface area contributed by atoms with E-state index in [4.69, 9.17) is 14.3 Å². The molecule has 206 valence electrons. The van der Waals surface area contributed by atoms with Crippen LogP contribution in [0.1, 0.15) is 46.1 Å². The molecule has 39 heavy (non-hydrogen) atoms. The third-order valence-corrected chi connectivity index (χ3v) is 5.59. The number of ether oxygens (including phenoxy) is 2. The summed E-state index contributed by atoms with van der Waals surface area (Å²) in [5.41, 5.74) is 5.23. The number of carbonyl (C=O) groups is 3. The van der Waals surface area contributed by atoms with Gasteiger partial charge in [0.05, 0.1) is 19.4 Å². The molecule has 0 saturated heterocycles. The molecule has 1 atom stereocenters. The minimum atomic E-state index is -1.05. The number of anilines is 1. The molecular formula is C31H36N2O6. The fraction of sp³-hybridized carbons (Fsp3) is 0.323. The molecule has 0 radical (unpaired) electrons. The normalized spacial score (nSPS) is 11.8. The number of esters is 1. The van der Waals surface area contributed by atoms with Gasteiger partial charge < -0.3 is 9.47 Å². The first-order chi connectivity index (χ1) is 18.6. The maximum absolute atomic E-state index is 13.2. The Balaban J connectivity index is 1.66. The van der Waals surface area contributed by atoms with E-state index in [9.17, 15) is 14.4 Å². The number of rotatable bonds is 11. The van der Waals surface area contributed by atoms with Crippen LogP contribution in [0.25, 0.3) is 11.1 Å². The minimum Gasteiger partial charge on any atom is -0.460 e. The molecule has 0 aromatic heterocycles. The second kappa shape index (κ2) is 14.1. The number of hydrogen-bond acceptors (Lipinski definition) is 6. The number of hydroxylamine groups is 1. The van der Waals surface area contributed by atoms with Crippen molar-refractivity contribution in [3.63, 3.8) is 0 Å². The Kier molecular flexibility index (Phi) is 10.6. The van der Waals surface area contributed by atoms with Crippen molar-refractivity contribution in [2.45, 2.75) is 58.8 Å². The average Bonchev–Trinajstić information content (AvgIpc) is 2.89. The molecule has 8 heteroatoms. The fourth-order valence-corrected chi connectivity index (χ4v) is 3.83. The molecule has 8 nitrogen and oxygen atoms in total. The quantitative estimate of drug-likeness (QED) is 0.238. The monoisotopic (exact) mass is 532 g/mol. The van der Waals surface area contributed by atoms with Gasteiger partial charge in [-0.3, -0.25) is 19.3 Å². The van der Waals surface area contributed by atoms with Gasteiger partial charge in [-0.1, -0.05) is 72.8 Å². The van der Waals surface area contributed by atoms with E-state index < -0.39 is 29.7 Å². The van der Waals surface area contributed by atoms with Gasteiger partial charge in [0.25, 0.3) is 0 Å². The third kappa shape index (κ3) is 9.90. The van der Waals surface area contributed by atoms with Crippen LogP contribution in [-0.2, 0) is 30.5 Å². The van der Waals surface area contributed by atoms with Gasteiger partial charge >= 0.3 is 12.1 Å². The van der Waals surface area contributed by atoms with Gasteiger partial charge in [-0.25, -0.2) is 10.3 Å². The fourth-order valence-electron chi connectivity index (χ4n) is 3.83. The first-order valence-corrected chi connectivity index (χ1v) is 12.9. The molecule has 0 bridgehead atoms. The second-order valence-corrected chi connectivity index (χ2v) is 9.96. The van der Waals surface area contributed by atoms with Crippen LogP contribution in [0.15, 0.2) is 84.9 Å². The van der Waals surface area contributed by atoms with E-state index in [1.165, 1.54) is 4.90 Å². The lowest BCUT2D eigenvalue weighted by Gasteiger charge is -2.25. The van der Waals surface area contributed by atoms with Crippen molar-refractivity contribution in [2.24, 2.45) is 0 Å². The smallest absolute Gasteiger partial charge is 0.414 e. The molecule has 0 spiro atoms. The molecule has 3 aromatic carbocycles. The van der Waals surface area contributed by atoms with Gasteiger partial charge in [-0.05, 0) is 56.5 Å². The predicted octanol–water partition coefficient (Wildman–Crippen LogP) is 6.06. The van der Waals surface area contributed by atoms with Crippen LogP contribution in [0.3, 0.4) is 0 Å². The zero-order valence-corrected chi connectivity index (χ0v) is 22.9. The Labute approximate surface area is 229 Å². The summed E-state index contributed by atoms with van der Waals surface area (Å²) in [6.45, 7) is 7.55. The van der Waals surface area contributed by atoms with Crippen LogP contribution in [0.2, 0.25) is 0 Å². The summed E-state index contributed by atoms with van der Waals surface area (Å²) in [5.74, 6) is -1.10. The molecule has 0 heterocycles. The van der Waals surface area contributed by atoms with Crippen molar-refractivity contribution in [1.82, 2.24) is 5.48 Å². The SMILES string of the molecule is CCN(C(=O)OC(CC(=O)NOCc1ccccc1)CC(=O)OC(C)(C)C)c1ccc(-c2ccccc2)cc1. The molecule has 3 rings (SSSR count). The van der Waals surface area contributed by atoms with E-state index in [1.54, 1.807) is 20.8 Å². The van der Waals surface area contributed by atoms with Crippen LogP contribution >= 0.6 is 0 Å². The second-order valence-electron chi connectivity index (χ2n) is 9.96. The summed E-state index contributed by atoms with van der Waals surface area (Å²) in [6, 6.07) is 26.8. The van der Waals surface area contributed by atoms with Crippen LogP contribution in [-0.4, -0.2) is 36.2 Å². The lowest BCUT2D eigenvalue weighted by molar-refractivity contribution is -0.157. The summed E-state index contributed by atoms with van der Waals surface area (Å²) in [5, 5.41) is 0. The van der Waals surface area contributed by atoms with Crippen molar-refractivity contribution in [1.29, 1.82) is 0 Å². The highest BCUT2D eigenvalue weighted by atomic mass is 16.7. The molecule has 0 saturated carbocycles. The Hall–Kier alpha value is -4.17. The number of nitrogens with one attached hydrogen (secondary N) is 1. The van der Waals surface area contributed by atoms with Crippen LogP contribution in [0.4, 0.5) is 10.5 Å². The van der Waals surface area contributed by atoms with Crippen molar-refractivity contribution >= 4 is 23.7 Å². The Bertz CT molecular complexity index is 1210. The molecule has 0 aliphatic rings. The van der Waals surface area contributed by atoms with Crippen molar-refractivity contribution in [3.8, 4) is 11.1 Å². The lowest BCUT2D eigenvalue weighted by atomic mass is 10.1. The Morgan fingerprint density at radius 3 is 2.00 bits per heavy atom. The summed E-state index contributed by atoms with van der Waals surface area (Å²) < 4.78 is 11.1. The highest BCUT2D eigenvalue weighted by Crippen LogP contribution is 2.24. The highest BCUT2D eigenvalue weighted by Gasteiger charge is 2.27. The Morgan fingerprint density at radius 2 is 1.41 bits per heavy atom. The minimum absolute atomic E-state index is 0.172. The maximum Gasteiger partial charge on any atom is 0.414 e. The summed E-state index contributed by atoms with van der Waals surface area (Å²) in [6.07, 6.45) is -2.27. The van der Waals surface area contributed by atoms with E-state index in [0.29, 0.717) is 12.2 Å². The van der Waals surface area contributed by atoms with Crippen LogP contribution < -0.4 is 10.4 Å². The number of carbonyl (C=O) groups excluding carboxylic acids is 3. The van der Waals surface area contributed by atoms with E-state index in [1.807, 2.05) is 91.9 Å². The van der Waals surface area contributed by atoms with Gasteiger partial charge in [0.15, 0.2) is 0 Å². The van der Waals surface area contributed by atoms with Gasteiger partial charge in [-0.2, -0.15) is 0 Å². The largest absolute Gasteiger partial charge is 0.460 e. The van der Waals surface area contributed by atoms with Crippen molar-refractivity contribution < 1.29 is 28.7 Å². The zero-order valence-electron chi connectivity index (χ0n) is 22.9. The molecular weight excluding hydrogens is 496 g/mol. The first kappa shape index (κ1) is 29.4. The summed E-state index contributed by atoms with van der Waals surface area (Å²) in [4.78, 5) is 45.0. The van der Waals surface area contributed by atoms with Crippen molar-refractivity contribution in [2.75, 3.05) is 11.4 Å². The van der Waals surface area contributed by atoms with E-state index in [2.05, 4.69) is 5.48 Å². The number of amides is 2.